The van der Waals surface area contributed by atoms with E-state index in [9.17, 15) is 0 Å². The van der Waals surface area contributed by atoms with Crippen LogP contribution in [0.15, 0.2) is 108 Å². The number of thiophene rings is 1. The van der Waals surface area contributed by atoms with Gasteiger partial charge in [0.15, 0.2) is 0 Å². The quantitative estimate of drug-likeness (QED) is 0.181. The highest BCUT2D eigenvalue weighted by Crippen LogP contribution is 2.50. The van der Waals surface area contributed by atoms with E-state index >= 15 is 0 Å². The van der Waals surface area contributed by atoms with Crippen molar-refractivity contribution in [1.29, 1.82) is 0 Å². The molecule has 2 aliphatic rings. The van der Waals surface area contributed by atoms with Crippen molar-refractivity contribution in [3.63, 3.8) is 0 Å². The fourth-order valence-corrected chi connectivity index (χ4v) is 11.3. The second-order valence-corrected chi connectivity index (χ2v) is 21.9. The number of anilines is 2. The minimum Gasteiger partial charge on any atom is -0.469 e. The van der Waals surface area contributed by atoms with Crippen molar-refractivity contribution in [1.82, 2.24) is 4.57 Å². The summed E-state index contributed by atoms with van der Waals surface area (Å²) in [7, 11) is 2.34. The monoisotopic (exact) mass is 787 g/mol. The zero-order valence-electron chi connectivity index (χ0n) is 36.1. The predicted molar refractivity (Wildman–Crippen MR) is 256 cm³/mol. The van der Waals surface area contributed by atoms with Gasteiger partial charge in [-0.25, -0.2) is 0 Å². The maximum atomic E-state index is 6.92. The zero-order chi connectivity index (χ0) is 41.0. The first-order valence-electron chi connectivity index (χ1n) is 21.4. The Hall–Kier alpha value is -5.26. The Kier molecular flexibility index (Phi) is 7.59. The molecule has 0 fully saturated rings. The van der Waals surface area contributed by atoms with E-state index in [0.29, 0.717) is 0 Å². The summed E-state index contributed by atoms with van der Waals surface area (Å²) in [6, 6.07) is 39.4. The number of nitrogens with zero attached hydrogens (tertiary/aromatic N) is 1. The van der Waals surface area contributed by atoms with Gasteiger partial charge in [0.25, 0.3) is 0 Å². The Morgan fingerprint density at radius 2 is 1.32 bits per heavy atom. The van der Waals surface area contributed by atoms with E-state index in [2.05, 4.69) is 190 Å². The summed E-state index contributed by atoms with van der Waals surface area (Å²) < 4.78 is 12.1. The molecule has 1 aliphatic heterocycles. The van der Waals surface area contributed by atoms with Crippen LogP contribution in [0.1, 0.15) is 104 Å². The standard InChI is InChI=1S/C54H52BN2OS/c1-51(2,3)30-15-18-32(19-16-30)56-42-28-41-40(53(7,8)23-24-54(41,9)10)27-36(42)34-20-21-35-37-26-38-33-13-11-12-14-45(33)59-46(38)29-43(37)57-48(35)47(34)55-50-49(57)39-25-31(52(4,5)6)17-22-44(39)58-50/h11-22,25-29,56H,23-24H2,1-10H3. The molecule has 1 N–H and O–H groups in total. The topological polar surface area (TPSA) is 30.1 Å². The zero-order valence-corrected chi connectivity index (χ0v) is 36.9. The Morgan fingerprint density at radius 1 is 0.627 bits per heavy atom. The lowest BCUT2D eigenvalue weighted by molar-refractivity contribution is 0.332. The maximum absolute atomic E-state index is 6.92. The number of benzene rings is 6. The summed E-state index contributed by atoms with van der Waals surface area (Å²) in [5.41, 5.74) is 17.1. The second-order valence-electron chi connectivity index (χ2n) is 20.8. The third-order valence-electron chi connectivity index (χ3n) is 13.8. The van der Waals surface area contributed by atoms with Crippen molar-refractivity contribution in [2.75, 3.05) is 5.32 Å². The van der Waals surface area contributed by atoms with Crippen LogP contribution in [0.3, 0.4) is 0 Å². The Labute approximate surface area is 352 Å². The van der Waals surface area contributed by atoms with E-state index < -0.39 is 0 Å². The molecule has 1 aliphatic carbocycles. The number of fused-ring (bicyclic) bond motifs is 11. The minimum absolute atomic E-state index is 0.00434. The first-order valence-corrected chi connectivity index (χ1v) is 22.2. The van der Waals surface area contributed by atoms with Crippen molar-refractivity contribution in [3.8, 4) is 16.8 Å². The third kappa shape index (κ3) is 5.53. The van der Waals surface area contributed by atoms with E-state index in [1.807, 2.05) is 11.3 Å². The molecular formula is C54H52BN2OS. The van der Waals surface area contributed by atoms with Crippen LogP contribution in [0.5, 0.6) is 0 Å². The highest BCUT2D eigenvalue weighted by Gasteiger charge is 2.39. The molecule has 3 nitrogen and oxygen atoms in total. The molecule has 293 valence electrons. The summed E-state index contributed by atoms with van der Waals surface area (Å²) >= 11 is 1.89. The van der Waals surface area contributed by atoms with Gasteiger partial charge >= 0.3 is 0 Å². The molecule has 0 spiro atoms. The number of aromatic nitrogens is 1. The molecule has 0 atom stereocenters. The third-order valence-corrected chi connectivity index (χ3v) is 15.0. The van der Waals surface area contributed by atoms with Crippen molar-refractivity contribution in [3.05, 3.63) is 125 Å². The average molecular weight is 788 g/mol. The molecule has 11 rings (SSSR count). The van der Waals surface area contributed by atoms with Gasteiger partial charge < -0.3 is 14.3 Å². The van der Waals surface area contributed by atoms with Gasteiger partial charge in [-0.15, -0.1) is 11.3 Å². The molecule has 0 unspecified atom stereocenters. The predicted octanol–water partition coefficient (Wildman–Crippen LogP) is 14.2. The number of nitrogens with one attached hydrogen (secondary N) is 1. The van der Waals surface area contributed by atoms with Gasteiger partial charge in [-0.3, -0.25) is 0 Å². The lowest BCUT2D eigenvalue weighted by Crippen LogP contribution is -2.36. The Morgan fingerprint density at radius 3 is 2.05 bits per heavy atom. The number of hydrogen-bond acceptors (Lipinski definition) is 3. The normalized spacial score (nSPS) is 15.9. The molecule has 1 radical (unpaired) electrons. The van der Waals surface area contributed by atoms with E-state index in [4.69, 9.17) is 4.42 Å². The number of furan rings is 1. The molecule has 0 amide bonds. The van der Waals surface area contributed by atoms with Crippen molar-refractivity contribution < 1.29 is 4.42 Å². The molecule has 9 aromatic rings. The van der Waals surface area contributed by atoms with E-state index in [-0.39, 0.29) is 21.7 Å². The van der Waals surface area contributed by atoms with Gasteiger partial charge in [0.2, 0.25) is 7.28 Å². The molecule has 0 bridgehead atoms. The lowest BCUT2D eigenvalue weighted by atomic mass is 9.60. The molecular weight excluding hydrogens is 735 g/mol. The molecule has 3 aromatic heterocycles. The van der Waals surface area contributed by atoms with Crippen LogP contribution < -0.4 is 16.4 Å². The molecule has 5 heteroatoms. The van der Waals surface area contributed by atoms with Crippen LogP contribution in [-0.2, 0) is 21.7 Å². The van der Waals surface area contributed by atoms with Crippen molar-refractivity contribution in [2.24, 2.45) is 0 Å². The van der Waals surface area contributed by atoms with Gasteiger partial charge in [0.1, 0.15) is 5.58 Å². The smallest absolute Gasteiger partial charge is 0.247 e. The molecule has 0 saturated carbocycles. The molecule has 0 saturated heterocycles. The summed E-state index contributed by atoms with van der Waals surface area (Å²) in [6.45, 7) is 23.4. The Balaban J connectivity index is 1.22. The molecule has 6 aromatic carbocycles. The van der Waals surface area contributed by atoms with Crippen LogP contribution in [-0.4, -0.2) is 11.8 Å². The van der Waals surface area contributed by atoms with Crippen LogP contribution >= 0.6 is 11.3 Å². The summed E-state index contributed by atoms with van der Waals surface area (Å²) in [5.74, 6) is 0. The first-order chi connectivity index (χ1) is 28.0. The van der Waals surface area contributed by atoms with E-state index in [0.717, 1.165) is 46.5 Å². The highest BCUT2D eigenvalue weighted by atomic mass is 32.1. The molecule has 59 heavy (non-hydrogen) atoms. The molecule has 4 heterocycles. The highest BCUT2D eigenvalue weighted by molar-refractivity contribution is 7.25. The summed E-state index contributed by atoms with van der Waals surface area (Å²) in [5, 5.41) is 10.3. The van der Waals surface area contributed by atoms with Crippen LogP contribution in [0.25, 0.3) is 69.8 Å². The van der Waals surface area contributed by atoms with Gasteiger partial charge in [-0.1, -0.05) is 118 Å². The van der Waals surface area contributed by atoms with Gasteiger partial charge in [-0.2, -0.15) is 0 Å². The largest absolute Gasteiger partial charge is 0.469 e. The van der Waals surface area contributed by atoms with Crippen LogP contribution in [0, 0.1) is 0 Å². The fourth-order valence-electron chi connectivity index (χ4n) is 10.1. The van der Waals surface area contributed by atoms with E-state index in [1.165, 1.54) is 80.8 Å². The van der Waals surface area contributed by atoms with Gasteiger partial charge in [0, 0.05) is 58.8 Å². The second kappa shape index (κ2) is 12.2. The summed E-state index contributed by atoms with van der Waals surface area (Å²) in [4.78, 5) is 0. The summed E-state index contributed by atoms with van der Waals surface area (Å²) in [6.07, 6.45) is 2.32. The van der Waals surface area contributed by atoms with Crippen molar-refractivity contribution in [2.45, 2.75) is 104 Å². The van der Waals surface area contributed by atoms with Crippen molar-refractivity contribution >= 4 is 94.1 Å². The van der Waals surface area contributed by atoms with Crippen LogP contribution in [0.2, 0.25) is 0 Å². The first kappa shape index (κ1) is 36.8. The number of hydrogen-bond donors (Lipinski definition) is 1. The van der Waals surface area contributed by atoms with Crippen LogP contribution in [0.4, 0.5) is 11.4 Å². The SMILES string of the molecule is CC(C)(C)c1ccc(Nc2cc3c(cc2-c2ccc4c5cc6c(cc5n5c4c2[B]c2oc4ccc(C(C)(C)C)cc4c2-5)sc2ccccc26)C(C)(C)CCC3(C)C)cc1. The van der Waals surface area contributed by atoms with Gasteiger partial charge in [0.05, 0.1) is 16.9 Å². The maximum Gasteiger partial charge on any atom is 0.247 e. The van der Waals surface area contributed by atoms with Gasteiger partial charge in [-0.05, 0) is 122 Å². The minimum atomic E-state index is 0.00434. The average Bonchev–Trinajstić information content (AvgIpc) is 3.84. The van der Waals surface area contributed by atoms with E-state index in [1.54, 1.807) is 0 Å². The fraction of sp³-hybridized carbons (Fsp3) is 0.296. The Bertz CT molecular complexity index is 3230. The number of rotatable bonds is 3. The lowest BCUT2D eigenvalue weighted by Gasteiger charge is -2.42.